The van der Waals surface area contributed by atoms with Crippen LogP contribution in [0.5, 0.6) is 0 Å². The molecule has 71 heavy (non-hydrogen) atoms. The number of hydrogen-bond donors (Lipinski definition) is 0. The lowest BCUT2D eigenvalue weighted by Gasteiger charge is -2.50. The molecule has 0 radical (unpaired) electrons. The minimum atomic E-state index is -0.253. The van der Waals surface area contributed by atoms with Crippen molar-refractivity contribution in [2.24, 2.45) is 0 Å². The van der Waals surface area contributed by atoms with Gasteiger partial charge in [0.2, 0.25) is 0 Å². The van der Waals surface area contributed by atoms with E-state index >= 15 is 0 Å². The maximum Gasteiger partial charge on any atom is 0.333 e. The van der Waals surface area contributed by atoms with E-state index in [1.165, 1.54) is 161 Å². The molecule has 0 N–H and O–H groups in total. The number of benzene rings is 7. The van der Waals surface area contributed by atoms with Gasteiger partial charge >= 0.3 is 6.85 Å². The van der Waals surface area contributed by atoms with Crippen LogP contribution in [0.15, 0.2) is 109 Å². The second-order valence-corrected chi connectivity index (χ2v) is 27.7. The van der Waals surface area contributed by atoms with Crippen molar-refractivity contribution in [2.75, 3.05) is 9.71 Å². The standard InChI is InChI=1S/C68H75BN2/c1-40-34-50-53(66(10,11)32-30-63(50,4)5)38-56(40)70-60-43-21-17-16-20-41(43)35-47-46-37-52-54(67(12,13)33-31-65(52,8)9)39-57(46)71(42-24-26-49-51(36-42)64(6,7)29-28-62(49,2)3)69(59(47)60)55-27-25-45-44-22-18-19-23-48(44)68(14,15)58(45)61(55)70/h16-27,34-39H,28-33H2,1-15H3. The molecular weight excluding hydrogens is 856 g/mol. The van der Waals surface area contributed by atoms with Crippen molar-refractivity contribution in [2.45, 2.75) is 180 Å². The number of fused-ring (bicyclic) bond motifs is 13. The Kier molecular flexibility index (Phi) is 9.03. The van der Waals surface area contributed by atoms with E-state index in [4.69, 9.17) is 0 Å². The van der Waals surface area contributed by atoms with Gasteiger partial charge in [-0.3, -0.25) is 0 Å². The molecule has 7 aromatic carbocycles. The maximum absolute atomic E-state index is 2.86. The number of aryl methyl sites for hydroxylation is 1. The molecule has 0 saturated carbocycles. The molecule has 0 amide bonds. The van der Waals surface area contributed by atoms with Crippen molar-refractivity contribution in [3.63, 3.8) is 0 Å². The molecule has 6 aliphatic rings. The summed E-state index contributed by atoms with van der Waals surface area (Å²) in [6, 6.07) is 44.7. The number of nitrogens with zero attached hydrogens (tertiary/aromatic N) is 2. The average Bonchev–Trinajstić information content (AvgIpc) is 3.56. The minimum absolute atomic E-state index is 0.0466. The average molecular weight is 931 g/mol. The number of rotatable bonds is 2. The van der Waals surface area contributed by atoms with Crippen LogP contribution in [0.3, 0.4) is 0 Å². The summed E-state index contributed by atoms with van der Waals surface area (Å²) in [5.74, 6) is 0. The highest BCUT2D eigenvalue weighted by Crippen LogP contribution is 2.60. The molecule has 0 fully saturated rings. The van der Waals surface area contributed by atoms with Gasteiger partial charge in [-0.2, -0.15) is 0 Å². The predicted molar refractivity (Wildman–Crippen MR) is 306 cm³/mol. The van der Waals surface area contributed by atoms with Gasteiger partial charge < -0.3 is 9.71 Å². The summed E-state index contributed by atoms with van der Waals surface area (Å²) in [6.45, 7) is 37.2. The van der Waals surface area contributed by atoms with E-state index in [1.54, 1.807) is 0 Å². The van der Waals surface area contributed by atoms with Crippen LogP contribution in [0.4, 0.5) is 28.4 Å². The van der Waals surface area contributed by atoms with E-state index in [2.05, 4.69) is 223 Å². The molecule has 2 heterocycles. The summed E-state index contributed by atoms with van der Waals surface area (Å²) in [4.78, 5) is 5.69. The molecule has 3 heteroatoms. The quantitative estimate of drug-likeness (QED) is 0.159. The lowest BCUT2D eigenvalue weighted by Crippen LogP contribution is -2.62. The van der Waals surface area contributed by atoms with Crippen molar-refractivity contribution >= 4 is 57.0 Å². The van der Waals surface area contributed by atoms with E-state index in [0.717, 1.165) is 0 Å². The van der Waals surface area contributed by atoms with Crippen LogP contribution in [0, 0.1) is 6.92 Å². The van der Waals surface area contributed by atoms with Gasteiger partial charge in [-0.25, -0.2) is 0 Å². The summed E-state index contributed by atoms with van der Waals surface area (Å²) in [6.07, 6.45) is 7.11. The third-order valence-corrected chi connectivity index (χ3v) is 20.1. The van der Waals surface area contributed by atoms with Crippen LogP contribution < -0.4 is 20.6 Å². The van der Waals surface area contributed by atoms with Crippen molar-refractivity contribution in [3.05, 3.63) is 159 Å². The van der Waals surface area contributed by atoms with Crippen LogP contribution >= 0.6 is 0 Å². The zero-order valence-corrected chi connectivity index (χ0v) is 45.6. The molecule has 0 bridgehead atoms. The Morgan fingerprint density at radius 2 is 0.944 bits per heavy atom. The zero-order valence-electron chi connectivity index (χ0n) is 45.6. The van der Waals surface area contributed by atoms with Gasteiger partial charge in [0.25, 0.3) is 0 Å². The van der Waals surface area contributed by atoms with Crippen LogP contribution in [0.2, 0.25) is 0 Å². The molecule has 4 aliphatic carbocycles. The Hall–Kier alpha value is -5.54. The van der Waals surface area contributed by atoms with E-state index in [-0.39, 0.29) is 44.8 Å². The van der Waals surface area contributed by atoms with Crippen LogP contribution in [0.1, 0.15) is 186 Å². The summed E-state index contributed by atoms with van der Waals surface area (Å²) in [5, 5.41) is 2.62. The third-order valence-electron chi connectivity index (χ3n) is 20.1. The van der Waals surface area contributed by atoms with E-state index in [1.807, 2.05) is 0 Å². The first kappa shape index (κ1) is 45.3. The molecule has 7 aromatic rings. The van der Waals surface area contributed by atoms with Crippen LogP contribution in [-0.2, 0) is 37.9 Å². The fourth-order valence-electron chi connectivity index (χ4n) is 15.3. The molecule has 13 rings (SSSR count). The molecule has 0 atom stereocenters. The van der Waals surface area contributed by atoms with Gasteiger partial charge in [-0.1, -0.05) is 170 Å². The van der Waals surface area contributed by atoms with E-state index in [9.17, 15) is 0 Å². The first-order valence-electron chi connectivity index (χ1n) is 27.3. The van der Waals surface area contributed by atoms with Gasteiger partial charge in [0.15, 0.2) is 0 Å². The maximum atomic E-state index is 2.86. The van der Waals surface area contributed by atoms with Crippen molar-refractivity contribution < 1.29 is 0 Å². The van der Waals surface area contributed by atoms with Crippen LogP contribution in [0.25, 0.3) is 33.0 Å². The Labute approximate surface area is 426 Å². The summed E-state index contributed by atoms with van der Waals surface area (Å²) >= 11 is 0. The molecule has 360 valence electrons. The predicted octanol–water partition coefficient (Wildman–Crippen LogP) is 17.2. The van der Waals surface area contributed by atoms with Crippen molar-refractivity contribution in [1.29, 1.82) is 0 Å². The largest absolute Gasteiger partial charge is 0.376 e. The fourth-order valence-corrected chi connectivity index (χ4v) is 15.3. The lowest BCUT2D eigenvalue weighted by atomic mass is 9.42. The minimum Gasteiger partial charge on any atom is -0.376 e. The monoisotopic (exact) mass is 931 g/mol. The topological polar surface area (TPSA) is 6.48 Å². The molecular formula is C68H75BN2. The zero-order chi connectivity index (χ0) is 49.9. The SMILES string of the molecule is Cc1cc2c(cc1N1c3c(ccc4c3C(C)(C)c3ccccc3-4)B3c4c(cc5ccccc5c41)-c1cc4c(cc1N3c1ccc3c(c1)C(C)(C)CCC3(C)C)C(C)(C)CCC4(C)C)C(C)(C)CCC2(C)C. The smallest absolute Gasteiger partial charge is 0.333 e. The highest BCUT2D eigenvalue weighted by Gasteiger charge is 2.52. The second kappa shape index (κ2) is 14.1. The highest BCUT2D eigenvalue weighted by molar-refractivity contribution is 6.94. The van der Waals surface area contributed by atoms with Gasteiger partial charge in [0.1, 0.15) is 0 Å². The lowest BCUT2D eigenvalue weighted by molar-refractivity contribution is 0.332. The highest BCUT2D eigenvalue weighted by atomic mass is 15.2. The Balaban J connectivity index is 1.22. The normalized spacial score (nSPS) is 21.3. The fraction of sp³-hybridized carbons (Fsp3) is 0.412. The summed E-state index contributed by atoms with van der Waals surface area (Å²) in [7, 11) is 0. The number of anilines is 5. The molecule has 0 saturated heterocycles. The third kappa shape index (κ3) is 6.08. The Morgan fingerprint density at radius 1 is 0.408 bits per heavy atom. The van der Waals surface area contributed by atoms with Gasteiger partial charge in [0.05, 0.1) is 5.69 Å². The molecule has 0 spiro atoms. The molecule has 2 aliphatic heterocycles. The van der Waals surface area contributed by atoms with Crippen LogP contribution in [-0.4, -0.2) is 6.85 Å². The number of hydrogen-bond acceptors (Lipinski definition) is 2. The van der Waals surface area contributed by atoms with Crippen molar-refractivity contribution in [3.8, 4) is 22.3 Å². The van der Waals surface area contributed by atoms with E-state index < -0.39 is 0 Å². The van der Waals surface area contributed by atoms with Gasteiger partial charge in [-0.15, -0.1) is 0 Å². The second-order valence-electron chi connectivity index (χ2n) is 27.7. The summed E-state index contributed by atoms with van der Waals surface area (Å²) < 4.78 is 0. The first-order chi connectivity index (χ1) is 33.3. The van der Waals surface area contributed by atoms with Crippen molar-refractivity contribution in [1.82, 2.24) is 0 Å². The Bertz CT molecular complexity index is 3500. The summed E-state index contributed by atoms with van der Waals surface area (Å²) in [5.41, 5.74) is 28.4. The van der Waals surface area contributed by atoms with Gasteiger partial charge in [-0.05, 0) is 197 Å². The molecule has 0 aromatic heterocycles. The van der Waals surface area contributed by atoms with E-state index in [0.29, 0.717) is 0 Å². The Morgan fingerprint density at radius 3 is 1.59 bits per heavy atom. The first-order valence-corrected chi connectivity index (χ1v) is 27.3. The van der Waals surface area contributed by atoms with Gasteiger partial charge in [0, 0.05) is 39.1 Å². The molecule has 0 unspecified atom stereocenters. The molecule has 2 nitrogen and oxygen atoms in total.